The summed E-state index contributed by atoms with van der Waals surface area (Å²) in [4.78, 5) is 38.3. The number of nitrogens with zero attached hydrogens (tertiary/aromatic N) is 2. The van der Waals surface area contributed by atoms with Crippen molar-refractivity contribution >= 4 is 24.0 Å². The van der Waals surface area contributed by atoms with Gasteiger partial charge in [-0.25, -0.2) is 0 Å². The zero-order valence-electron chi connectivity index (χ0n) is 20.8. The summed E-state index contributed by atoms with van der Waals surface area (Å²) in [5, 5.41) is 9.82. The summed E-state index contributed by atoms with van der Waals surface area (Å²) in [6.07, 6.45) is 4.96. The highest BCUT2D eigenvalue weighted by atomic mass is 16.5. The lowest BCUT2D eigenvalue weighted by molar-refractivity contribution is -0.123. The van der Waals surface area contributed by atoms with E-state index in [1.807, 2.05) is 43.0 Å². The van der Waals surface area contributed by atoms with Crippen molar-refractivity contribution in [1.29, 1.82) is 0 Å². The van der Waals surface area contributed by atoms with Crippen molar-refractivity contribution in [3.05, 3.63) is 29.8 Å². The minimum atomic E-state index is -0.250. The van der Waals surface area contributed by atoms with Gasteiger partial charge in [0.05, 0.1) is 17.4 Å². The quantitative estimate of drug-likeness (QED) is 0.590. The number of para-hydroxylation sites is 1. The molecular formula is C26H39N3O5. The van der Waals surface area contributed by atoms with E-state index in [2.05, 4.69) is 24.3 Å². The lowest BCUT2D eigenvalue weighted by Crippen LogP contribution is -2.48. The van der Waals surface area contributed by atoms with Gasteiger partial charge in [0.1, 0.15) is 0 Å². The maximum atomic E-state index is 13.4. The van der Waals surface area contributed by atoms with Crippen LogP contribution in [0.25, 0.3) is 0 Å². The van der Waals surface area contributed by atoms with E-state index in [1.165, 1.54) is 12.8 Å². The number of anilines is 1. The second kappa shape index (κ2) is 11.8. The Kier molecular flexibility index (Phi) is 9.08. The van der Waals surface area contributed by atoms with E-state index >= 15 is 0 Å². The molecule has 188 valence electrons. The number of likely N-dealkylation sites (N-methyl/N-ethyl adjacent to an activating group) is 1. The minimum Gasteiger partial charge on any atom is -0.483 e. The van der Waals surface area contributed by atoms with Gasteiger partial charge in [0.25, 0.3) is 12.4 Å². The lowest BCUT2D eigenvalue weighted by atomic mass is 9.77. The molecule has 1 saturated heterocycles. The Balaban J connectivity index is 0.00000103. The normalized spacial score (nSPS) is 26.0. The van der Waals surface area contributed by atoms with E-state index in [9.17, 15) is 9.59 Å². The maximum absolute atomic E-state index is 13.4. The number of fused-ring (bicyclic) bond motifs is 1. The first kappa shape index (κ1) is 26.2. The smallest absolute Gasteiger partial charge is 0.290 e. The van der Waals surface area contributed by atoms with Gasteiger partial charge in [0.2, 0.25) is 5.91 Å². The fraction of sp³-hybridized carbons (Fsp3) is 0.654. The minimum absolute atomic E-state index is 0.0194. The molecule has 0 radical (unpaired) electrons. The summed E-state index contributed by atoms with van der Waals surface area (Å²) in [5.74, 6) is 1.58. The molecular weight excluding hydrogens is 434 g/mol. The number of benzene rings is 1. The molecule has 4 atom stereocenters. The number of carbonyl (C=O) groups is 3. The van der Waals surface area contributed by atoms with Gasteiger partial charge in [-0.2, -0.15) is 0 Å². The molecule has 3 fully saturated rings. The Bertz CT molecular complexity index is 855. The molecule has 0 spiro atoms. The molecule has 0 unspecified atom stereocenters. The number of hydrogen-bond acceptors (Lipinski definition) is 5. The molecule has 1 aromatic carbocycles. The zero-order valence-corrected chi connectivity index (χ0v) is 20.8. The van der Waals surface area contributed by atoms with Gasteiger partial charge >= 0.3 is 0 Å². The van der Waals surface area contributed by atoms with Crippen LogP contribution in [-0.2, 0) is 14.3 Å². The van der Waals surface area contributed by atoms with Gasteiger partial charge < -0.3 is 25.0 Å². The van der Waals surface area contributed by atoms with E-state index < -0.39 is 0 Å². The van der Waals surface area contributed by atoms with Crippen molar-refractivity contribution in [1.82, 2.24) is 9.80 Å². The second-order valence-electron chi connectivity index (χ2n) is 10.3. The van der Waals surface area contributed by atoms with Crippen LogP contribution in [0.3, 0.4) is 0 Å². The van der Waals surface area contributed by atoms with Crippen LogP contribution in [0.15, 0.2) is 24.3 Å². The van der Waals surface area contributed by atoms with Crippen LogP contribution < -0.4 is 5.32 Å². The third kappa shape index (κ3) is 6.57. The Morgan fingerprint density at radius 3 is 2.38 bits per heavy atom. The molecule has 1 heterocycles. The van der Waals surface area contributed by atoms with E-state index in [1.54, 1.807) is 0 Å². The Morgan fingerprint density at radius 2 is 1.79 bits per heavy atom. The summed E-state index contributed by atoms with van der Waals surface area (Å²) in [5.41, 5.74) is 1.19. The number of likely N-dealkylation sites (tertiary alicyclic amines) is 1. The van der Waals surface area contributed by atoms with Crippen molar-refractivity contribution in [3.8, 4) is 0 Å². The average molecular weight is 474 g/mol. The fourth-order valence-electron chi connectivity index (χ4n) is 5.05. The van der Waals surface area contributed by atoms with Gasteiger partial charge in [0, 0.05) is 31.7 Å². The summed E-state index contributed by atoms with van der Waals surface area (Å²) in [7, 11) is 4.29. The fourth-order valence-corrected chi connectivity index (χ4v) is 5.05. The molecule has 4 rings (SSSR count). The Labute approximate surface area is 202 Å². The van der Waals surface area contributed by atoms with Crippen molar-refractivity contribution in [2.75, 3.05) is 39.1 Å². The first-order valence-electron chi connectivity index (χ1n) is 12.3. The van der Waals surface area contributed by atoms with E-state index in [-0.39, 0.29) is 30.3 Å². The topological polar surface area (TPSA) is 99.2 Å². The third-order valence-electron chi connectivity index (χ3n) is 7.22. The van der Waals surface area contributed by atoms with Crippen LogP contribution in [-0.4, -0.2) is 79.1 Å². The summed E-state index contributed by atoms with van der Waals surface area (Å²) in [6.45, 7) is 5.91. The zero-order chi connectivity index (χ0) is 24.8. The molecule has 2 amide bonds. The number of amides is 2. The van der Waals surface area contributed by atoms with Crippen molar-refractivity contribution in [2.24, 2.45) is 23.7 Å². The largest absolute Gasteiger partial charge is 0.483 e. The van der Waals surface area contributed by atoms with Crippen molar-refractivity contribution in [2.45, 2.75) is 51.7 Å². The molecule has 8 nitrogen and oxygen atoms in total. The Morgan fingerprint density at radius 1 is 1.18 bits per heavy atom. The van der Waals surface area contributed by atoms with E-state index in [4.69, 9.17) is 14.6 Å². The Hall–Kier alpha value is -2.45. The first-order chi connectivity index (χ1) is 16.2. The molecule has 34 heavy (non-hydrogen) atoms. The number of carboxylic acid groups (broad SMARTS) is 1. The molecule has 8 heteroatoms. The van der Waals surface area contributed by atoms with Crippen LogP contribution in [0, 0.1) is 23.7 Å². The molecule has 1 aromatic rings. The molecule has 1 aliphatic heterocycles. The van der Waals surface area contributed by atoms with E-state index in [0.29, 0.717) is 29.1 Å². The second-order valence-corrected chi connectivity index (χ2v) is 10.3. The number of ether oxygens (including phenoxy) is 1. The predicted molar refractivity (Wildman–Crippen MR) is 131 cm³/mol. The third-order valence-corrected chi connectivity index (χ3v) is 7.22. The first-order valence-corrected chi connectivity index (χ1v) is 12.3. The van der Waals surface area contributed by atoms with Gasteiger partial charge in [0.15, 0.2) is 0 Å². The van der Waals surface area contributed by atoms with Gasteiger partial charge in [-0.1, -0.05) is 26.0 Å². The number of hydrogen-bond donors (Lipinski definition) is 2. The lowest BCUT2D eigenvalue weighted by Gasteiger charge is -2.41. The number of nitrogens with one attached hydrogen (secondary N) is 1. The van der Waals surface area contributed by atoms with Crippen LogP contribution in [0.1, 0.15) is 49.9 Å². The summed E-state index contributed by atoms with van der Waals surface area (Å²) >= 11 is 0. The van der Waals surface area contributed by atoms with E-state index in [0.717, 1.165) is 38.5 Å². The van der Waals surface area contributed by atoms with Crippen LogP contribution in [0.5, 0.6) is 0 Å². The number of rotatable bonds is 7. The molecule has 0 aromatic heterocycles. The number of carbonyl (C=O) groups excluding carboxylic acids is 2. The molecule has 2 saturated carbocycles. The predicted octanol–water partition coefficient (Wildman–Crippen LogP) is 3.19. The monoisotopic (exact) mass is 473 g/mol. The summed E-state index contributed by atoms with van der Waals surface area (Å²) < 4.78 is 6.36. The molecule has 2 N–H and O–H groups in total. The van der Waals surface area contributed by atoms with Crippen LogP contribution in [0.2, 0.25) is 0 Å². The van der Waals surface area contributed by atoms with Gasteiger partial charge in [-0.05, 0) is 69.7 Å². The molecule has 0 bridgehead atoms. The van der Waals surface area contributed by atoms with Crippen LogP contribution in [0.4, 0.5) is 5.69 Å². The SMILES string of the molecule is CC(C)C(=O)Nc1ccccc1C(=O)N1C[C@H]2C[C@@H](N(C)C)[C@H](OCC3CC3)C[C@H]2C1.O=CO. The molecule has 3 aliphatic rings. The highest BCUT2D eigenvalue weighted by Gasteiger charge is 2.45. The van der Waals surface area contributed by atoms with Crippen molar-refractivity contribution < 1.29 is 24.2 Å². The maximum Gasteiger partial charge on any atom is 0.290 e. The van der Waals surface area contributed by atoms with Gasteiger partial charge in [-0.3, -0.25) is 14.4 Å². The van der Waals surface area contributed by atoms with Gasteiger partial charge in [-0.15, -0.1) is 0 Å². The highest BCUT2D eigenvalue weighted by Crippen LogP contribution is 2.40. The molecule has 2 aliphatic carbocycles. The van der Waals surface area contributed by atoms with Crippen molar-refractivity contribution in [3.63, 3.8) is 0 Å². The summed E-state index contributed by atoms with van der Waals surface area (Å²) in [6, 6.07) is 7.78. The standard InChI is InChI=1S/C25H37N3O3.CH2O2/c1-16(2)24(29)26-21-8-6-5-7-20(21)25(30)28-13-18-11-22(27(3)4)23(12-19(18)14-28)31-15-17-9-10-17;2-1-3/h5-8,16-19,22-23H,9-15H2,1-4H3,(H,26,29);1H,(H,2,3)/t18-,19+,22-,23-;/m1./s1. The van der Waals surface area contributed by atoms with Crippen LogP contribution >= 0.6 is 0 Å². The average Bonchev–Trinajstić information content (AvgIpc) is 3.54. The highest BCUT2D eigenvalue weighted by molar-refractivity contribution is 6.04.